The Bertz CT molecular complexity index is 597. The molecule has 124 valence electrons. The quantitative estimate of drug-likeness (QED) is 0.694. The molecule has 0 spiro atoms. The van der Waals surface area contributed by atoms with Crippen molar-refractivity contribution in [1.82, 2.24) is 0 Å². The average molecular weight is 312 g/mol. The predicted octanol–water partition coefficient (Wildman–Crippen LogP) is 3.59. The van der Waals surface area contributed by atoms with Crippen LogP contribution in [0.2, 0.25) is 0 Å². The van der Waals surface area contributed by atoms with Gasteiger partial charge in [-0.05, 0) is 79.6 Å². The minimum atomic E-state index is -0.770. The van der Waals surface area contributed by atoms with Crippen molar-refractivity contribution in [3.63, 3.8) is 0 Å². The summed E-state index contributed by atoms with van der Waals surface area (Å²) in [5.74, 6) is 6.60. The lowest BCUT2D eigenvalue weighted by atomic mass is 9.49. The van der Waals surface area contributed by atoms with Crippen LogP contribution < -0.4 is 0 Å². The molecule has 0 aromatic carbocycles. The number of fused-ring (bicyclic) bond motifs is 5. The molecule has 0 radical (unpaired) electrons. The van der Waals surface area contributed by atoms with Crippen molar-refractivity contribution in [1.29, 1.82) is 0 Å². The minimum absolute atomic E-state index is 0.0733. The molecule has 2 nitrogen and oxygen atoms in total. The number of aliphatic hydroxyl groups excluding tert-OH is 1. The molecule has 0 aliphatic heterocycles. The van der Waals surface area contributed by atoms with Gasteiger partial charge >= 0.3 is 0 Å². The van der Waals surface area contributed by atoms with Crippen molar-refractivity contribution in [2.75, 3.05) is 0 Å². The van der Waals surface area contributed by atoms with E-state index in [0.29, 0.717) is 35.5 Å². The summed E-state index contributed by atoms with van der Waals surface area (Å²) in [7, 11) is 0. The monoisotopic (exact) mass is 312 g/mol. The van der Waals surface area contributed by atoms with E-state index in [0.717, 1.165) is 18.3 Å². The van der Waals surface area contributed by atoms with E-state index in [1.165, 1.54) is 31.3 Å². The fourth-order valence-corrected chi connectivity index (χ4v) is 6.85. The molecule has 8 atom stereocenters. The van der Waals surface area contributed by atoms with Crippen LogP contribution in [-0.2, 0) is 4.79 Å². The molecule has 0 amide bonds. The van der Waals surface area contributed by atoms with Crippen LogP contribution in [0.5, 0.6) is 0 Å². The number of terminal acetylenes is 1. The largest absolute Gasteiger partial charge is 0.385 e. The Labute approximate surface area is 139 Å². The molecule has 4 rings (SSSR count). The lowest BCUT2D eigenvalue weighted by Gasteiger charge is -2.56. The van der Waals surface area contributed by atoms with Gasteiger partial charge in [0.15, 0.2) is 5.78 Å². The summed E-state index contributed by atoms with van der Waals surface area (Å²) in [4.78, 5) is 11.9. The highest BCUT2D eigenvalue weighted by Gasteiger charge is 2.57. The van der Waals surface area contributed by atoms with Gasteiger partial charge in [0, 0.05) is 5.92 Å². The van der Waals surface area contributed by atoms with Crippen LogP contribution in [0.15, 0.2) is 11.6 Å². The van der Waals surface area contributed by atoms with Crippen LogP contribution in [0.1, 0.15) is 52.4 Å². The van der Waals surface area contributed by atoms with E-state index in [4.69, 9.17) is 6.42 Å². The lowest BCUT2D eigenvalue weighted by molar-refractivity contribution is -0.125. The first-order valence-corrected chi connectivity index (χ1v) is 9.34. The molecule has 23 heavy (non-hydrogen) atoms. The fraction of sp³-hybridized carbons (Fsp3) is 0.762. The van der Waals surface area contributed by atoms with E-state index in [1.807, 2.05) is 0 Å². The van der Waals surface area contributed by atoms with E-state index in [9.17, 15) is 9.90 Å². The minimum Gasteiger partial charge on any atom is -0.385 e. The Kier molecular flexibility index (Phi) is 3.50. The van der Waals surface area contributed by atoms with Gasteiger partial charge in [-0.1, -0.05) is 19.4 Å². The molecular formula is C21H28O2. The maximum absolute atomic E-state index is 11.9. The lowest BCUT2D eigenvalue weighted by Crippen LogP contribution is -2.50. The topological polar surface area (TPSA) is 37.3 Å². The number of rotatable bonds is 0. The highest BCUT2D eigenvalue weighted by atomic mass is 16.3. The zero-order valence-electron chi connectivity index (χ0n) is 14.3. The molecule has 2 heteroatoms. The summed E-state index contributed by atoms with van der Waals surface area (Å²) in [6, 6.07) is 0. The van der Waals surface area contributed by atoms with E-state index >= 15 is 0 Å². The summed E-state index contributed by atoms with van der Waals surface area (Å²) in [6.07, 6.45) is 13.4. The summed E-state index contributed by atoms with van der Waals surface area (Å²) >= 11 is 0. The first-order valence-electron chi connectivity index (χ1n) is 9.34. The second-order valence-corrected chi connectivity index (χ2v) is 8.85. The smallest absolute Gasteiger partial charge is 0.184 e. The van der Waals surface area contributed by atoms with E-state index in [2.05, 4.69) is 19.8 Å². The van der Waals surface area contributed by atoms with Crippen LogP contribution in [0, 0.1) is 53.3 Å². The zero-order valence-corrected chi connectivity index (χ0v) is 14.3. The fourth-order valence-electron chi connectivity index (χ4n) is 6.85. The average Bonchev–Trinajstić information content (AvgIpc) is 2.85. The number of allylic oxidation sites excluding steroid dienone is 1. The molecule has 0 aromatic heterocycles. The number of aliphatic hydroxyl groups is 1. The highest BCUT2D eigenvalue weighted by molar-refractivity contribution is 5.95. The molecular weight excluding hydrogens is 284 g/mol. The molecule has 0 saturated heterocycles. The van der Waals surface area contributed by atoms with Crippen LogP contribution in [-0.4, -0.2) is 17.0 Å². The molecule has 3 saturated carbocycles. The summed E-state index contributed by atoms with van der Waals surface area (Å²) in [5.41, 5.74) is 1.64. The summed E-state index contributed by atoms with van der Waals surface area (Å²) < 4.78 is 0. The maximum atomic E-state index is 11.9. The summed E-state index contributed by atoms with van der Waals surface area (Å²) in [5, 5.41) is 10.1. The Balaban J connectivity index is 1.68. The van der Waals surface area contributed by atoms with Gasteiger partial charge < -0.3 is 5.11 Å². The molecule has 4 aliphatic rings. The number of hydrogen-bond donors (Lipinski definition) is 1. The number of ketones is 1. The van der Waals surface area contributed by atoms with Crippen molar-refractivity contribution in [2.24, 2.45) is 40.9 Å². The van der Waals surface area contributed by atoms with Crippen molar-refractivity contribution in [2.45, 2.75) is 58.5 Å². The second-order valence-electron chi connectivity index (χ2n) is 8.85. The Morgan fingerprint density at radius 1 is 1.35 bits per heavy atom. The van der Waals surface area contributed by atoms with Gasteiger partial charge in [0.2, 0.25) is 0 Å². The zero-order chi connectivity index (χ0) is 16.4. The van der Waals surface area contributed by atoms with Gasteiger partial charge in [-0.15, -0.1) is 12.3 Å². The van der Waals surface area contributed by atoms with E-state index < -0.39 is 6.10 Å². The Morgan fingerprint density at radius 3 is 2.87 bits per heavy atom. The molecule has 4 aliphatic carbocycles. The number of hydrogen-bond acceptors (Lipinski definition) is 2. The van der Waals surface area contributed by atoms with Gasteiger partial charge in [-0.2, -0.15) is 0 Å². The van der Waals surface area contributed by atoms with Crippen LogP contribution in [0.25, 0.3) is 0 Å². The molecule has 2 unspecified atom stereocenters. The van der Waals surface area contributed by atoms with E-state index in [1.54, 1.807) is 6.08 Å². The van der Waals surface area contributed by atoms with Gasteiger partial charge in [0.1, 0.15) is 6.10 Å². The van der Waals surface area contributed by atoms with Crippen LogP contribution in [0.4, 0.5) is 0 Å². The molecule has 0 bridgehead atoms. The van der Waals surface area contributed by atoms with Gasteiger partial charge in [0.25, 0.3) is 0 Å². The van der Waals surface area contributed by atoms with Crippen LogP contribution in [0.3, 0.4) is 0 Å². The summed E-state index contributed by atoms with van der Waals surface area (Å²) in [6.45, 7) is 4.81. The van der Waals surface area contributed by atoms with Crippen molar-refractivity contribution in [3.8, 4) is 12.3 Å². The molecule has 0 aromatic rings. The molecule has 0 heterocycles. The molecule has 1 N–H and O–H groups in total. The third-order valence-electron chi connectivity index (χ3n) is 7.93. The predicted molar refractivity (Wildman–Crippen MR) is 90.4 cm³/mol. The first-order chi connectivity index (χ1) is 11.0. The van der Waals surface area contributed by atoms with Crippen LogP contribution >= 0.6 is 0 Å². The van der Waals surface area contributed by atoms with Crippen molar-refractivity contribution in [3.05, 3.63) is 11.6 Å². The second kappa shape index (κ2) is 5.21. The van der Waals surface area contributed by atoms with Gasteiger partial charge in [0.05, 0.1) is 0 Å². The van der Waals surface area contributed by atoms with Crippen molar-refractivity contribution >= 4 is 5.78 Å². The number of carbonyl (C=O) groups is 1. The Morgan fingerprint density at radius 2 is 2.13 bits per heavy atom. The Hall–Kier alpha value is -1.07. The normalized spacial score (nSPS) is 52.0. The third kappa shape index (κ3) is 2.09. The molecule has 3 fully saturated rings. The standard InChI is InChI=1S/C21H28O2/c1-4-14-5-6-17-20-12(2)9-13-10-18(22)19(23)11-16(13)15(20)7-8-21(14,17)3/h1,10,12,14-17,19-20,23H,5-9,11H2,2-3H3/t12?,14-,15+,16-,17-,19?,20+,21+/m0/s1. The highest BCUT2D eigenvalue weighted by Crippen LogP contribution is 2.64. The number of carbonyl (C=O) groups excluding carboxylic acids is 1. The van der Waals surface area contributed by atoms with Gasteiger partial charge in [-0.25, -0.2) is 0 Å². The van der Waals surface area contributed by atoms with Crippen molar-refractivity contribution < 1.29 is 9.90 Å². The maximum Gasteiger partial charge on any atom is 0.184 e. The van der Waals surface area contributed by atoms with E-state index in [-0.39, 0.29) is 5.78 Å². The third-order valence-corrected chi connectivity index (χ3v) is 7.93. The van der Waals surface area contributed by atoms with Gasteiger partial charge in [-0.3, -0.25) is 4.79 Å². The SMILES string of the molecule is C#C[C@H]1CC[C@H]2[C@@H]3C(C)CC4=CC(=O)C(O)C[C@@H]4[C@H]3CC[C@]12C. The first kappa shape index (κ1) is 15.5.